The van der Waals surface area contributed by atoms with Gasteiger partial charge in [-0.1, -0.05) is 76.5 Å². The van der Waals surface area contributed by atoms with Crippen molar-refractivity contribution in [1.82, 2.24) is 0 Å². The fourth-order valence-corrected chi connectivity index (χ4v) is 2.41. The molecule has 0 aromatic carbocycles. The van der Waals surface area contributed by atoms with Crippen molar-refractivity contribution in [1.29, 1.82) is 0 Å². The molecule has 0 atom stereocenters. The third kappa shape index (κ3) is 13.5. The first-order valence-corrected chi connectivity index (χ1v) is 7.93. The van der Waals surface area contributed by atoms with Gasteiger partial charge in [0.15, 0.2) is 0 Å². The van der Waals surface area contributed by atoms with Crippen LogP contribution >= 0.6 is 11.8 Å². The molecule has 0 aromatic rings. The molecule has 0 aliphatic carbocycles. The number of carbonyl (C=O) groups is 1. The monoisotopic (exact) mass is 254 g/mol. The summed E-state index contributed by atoms with van der Waals surface area (Å²) in [6.07, 6.45) is 18.3. The van der Waals surface area contributed by atoms with Crippen LogP contribution in [0.1, 0.15) is 71.1 Å². The summed E-state index contributed by atoms with van der Waals surface area (Å²) in [5.74, 6) is 3.01. The minimum Gasteiger partial charge on any atom is -0.272 e. The smallest absolute Gasteiger partial charge is 0.262 e. The van der Waals surface area contributed by atoms with Crippen LogP contribution in [0.15, 0.2) is 0 Å². The summed E-state index contributed by atoms with van der Waals surface area (Å²) in [6, 6.07) is 0. The largest absolute Gasteiger partial charge is 0.272 e. The van der Waals surface area contributed by atoms with Gasteiger partial charge in [0.25, 0.3) is 5.12 Å². The predicted octanol–water partition coefficient (Wildman–Crippen LogP) is 4.80. The summed E-state index contributed by atoms with van der Waals surface area (Å²) in [5, 5.41) is -0.124. The first-order valence-electron chi connectivity index (χ1n) is 6.94. The number of unbranched alkanes of at least 4 members (excludes halogenated alkanes) is 9. The van der Waals surface area contributed by atoms with E-state index in [0.29, 0.717) is 0 Å². The Labute approximate surface area is 111 Å². The van der Waals surface area contributed by atoms with Crippen molar-refractivity contribution in [3.63, 3.8) is 0 Å². The highest BCUT2D eigenvalue weighted by atomic mass is 32.2. The second-order valence-corrected chi connectivity index (χ2v) is 5.53. The zero-order chi connectivity index (χ0) is 12.8. The summed E-state index contributed by atoms with van der Waals surface area (Å²) in [4.78, 5) is 10.8. The maximum absolute atomic E-state index is 10.8. The molecule has 0 fully saturated rings. The molecule has 0 aliphatic heterocycles. The van der Waals surface area contributed by atoms with Gasteiger partial charge < -0.3 is 0 Å². The molecule has 0 saturated heterocycles. The normalized spacial score (nSPS) is 10.1. The molecule has 0 radical (unpaired) electrons. The van der Waals surface area contributed by atoms with E-state index in [-0.39, 0.29) is 5.12 Å². The zero-order valence-electron chi connectivity index (χ0n) is 11.2. The summed E-state index contributed by atoms with van der Waals surface area (Å²) in [5.41, 5.74) is 0. The maximum Gasteiger partial charge on any atom is 0.262 e. The third-order valence-corrected chi connectivity index (χ3v) is 3.72. The lowest BCUT2D eigenvalue weighted by Crippen LogP contribution is -1.89. The van der Waals surface area contributed by atoms with Crippen molar-refractivity contribution in [2.45, 2.75) is 71.1 Å². The van der Waals surface area contributed by atoms with E-state index in [1.165, 1.54) is 69.5 Å². The minimum absolute atomic E-state index is 0.124. The highest BCUT2D eigenvalue weighted by molar-refractivity contribution is 8.14. The highest BCUT2D eigenvalue weighted by Crippen LogP contribution is 2.12. The van der Waals surface area contributed by atoms with Crippen LogP contribution in [0.3, 0.4) is 0 Å². The summed E-state index contributed by atoms with van der Waals surface area (Å²) in [7, 11) is 0. The molecule has 0 N–H and O–H groups in total. The van der Waals surface area contributed by atoms with Gasteiger partial charge in [-0.2, -0.15) is 0 Å². The van der Waals surface area contributed by atoms with E-state index in [2.05, 4.69) is 12.8 Å². The fourth-order valence-electron chi connectivity index (χ4n) is 1.80. The number of rotatable bonds is 11. The molecule has 17 heavy (non-hydrogen) atoms. The Hall–Kier alpha value is -0.420. The van der Waals surface area contributed by atoms with Crippen LogP contribution < -0.4 is 0 Å². The Morgan fingerprint density at radius 1 is 0.941 bits per heavy atom. The van der Waals surface area contributed by atoms with Gasteiger partial charge in [-0.15, -0.1) is 6.42 Å². The van der Waals surface area contributed by atoms with Crippen molar-refractivity contribution >= 4 is 16.9 Å². The van der Waals surface area contributed by atoms with Crippen LogP contribution in [-0.2, 0) is 4.79 Å². The third-order valence-electron chi connectivity index (χ3n) is 2.85. The SMILES string of the molecule is C#CC(=O)SCCCCCCCCCCCC. The van der Waals surface area contributed by atoms with Crippen LogP contribution in [0.4, 0.5) is 0 Å². The van der Waals surface area contributed by atoms with Crippen LogP contribution in [0.25, 0.3) is 0 Å². The van der Waals surface area contributed by atoms with Crippen LogP contribution in [0.5, 0.6) is 0 Å². The standard InChI is InChI=1S/C15H26OS/c1-3-5-6-7-8-9-10-11-12-13-14-17-15(16)4-2/h2H,3,5-14H2,1H3. The van der Waals surface area contributed by atoms with E-state index < -0.39 is 0 Å². The molecule has 0 rings (SSSR count). The molecular weight excluding hydrogens is 228 g/mol. The molecule has 0 bridgehead atoms. The minimum atomic E-state index is -0.124. The Bertz CT molecular complexity index is 217. The van der Waals surface area contributed by atoms with Crippen LogP contribution in [-0.4, -0.2) is 10.9 Å². The molecule has 0 saturated carbocycles. The van der Waals surface area contributed by atoms with E-state index >= 15 is 0 Å². The van der Waals surface area contributed by atoms with Gasteiger partial charge in [0.2, 0.25) is 0 Å². The first kappa shape index (κ1) is 16.6. The number of hydrogen-bond acceptors (Lipinski definition) is 2. The number of thioether (sulfide) groups is 1. The first-order chi connectivity index (χ1) is 8.31. The van der Waals surface area contributed by atoms with Gasteiger partial charge in [0, 0.05) is 5.75 Å². The molecule has 1 nitrogen and oxygen atoms in total. The average Bonchev–Trinajstić information content (AvgIpc) is 2.35. The van der Waals surface area contributed by atoms with Crippen molar-refractivity contribution < 1.29 is 4.79 Å². The van der Waals surface area contributed by atoms with Gasteiger partial charge in [0.1, 0.15) is 0 Å². The molecule has 0 unspecified atom stereocenters. The van der Waals surface area contributed by atoms with E-state index in [0.717, 1.165) is 12.2 Å². The molecule has 0 amide bonds. The molecule has 0 aliphatic rings. The Morgan fingerprint density at radius 3 is 1.88 bits per heavy atom. The van der Waals surface area contributed by atoms with E-state index in [4.69, 9.17) is 6.42 Å². The lowest BCUT2D eigenvalue weighted by molar-refractivity contribution is -0.106. The second-order valence-electron chi connectivity index (χ2n) is 4.46. The molecule has 0 heterocycles. The van der Waals surface area contributed by atoms with E-state index in [1.807, 2.05) is 0 Å². The van der Waals surface area contributed by atoms with Gasteiger partial charge in [-0.25, -0.2) is 0 Å². The lowest BCUT2D eigenvalue weighted by Gasteiger charge is -2.01. The Balaban J connectivity index is 2.99. The van der Waals surface area contributed by atoms with Gasteiger partial charge >= 0.3 is 0 Å². The quantitative estimate of drug-likeness (QED) is 0.389. The van der Waals surface area contributed by atoms with Crippen molar-refractivity contribution in [3.8, 4) is 12.3 Å². The average molecular weight is 254 g/mol. The summed E-state index contributed by atoms with van der Waals surface area (Å²) >= 11 is 1.28. The van der Waals surface area contributed by atoms with Crippen molar-refractivity contribution in [2.75, 3.05) is 5.75 Å². The topological polar surface area (TPSA) is 17.1 Å². The molecule has 98 valence electrons. The van der Waals surface area contributed by atoms with Crippen molar-refractivity contribution in [3.05, 3.63) is 0 Å². The summed E-state index contributed by atoms with van der Waals surface area (Å²) in [6.45, 7) is 2.25. The van der Waals surface area contributed by atoms with E-state index in [9.17, 15) is 4.79 Å². The fraction of sp³-hybridized carbons (Fsp3) is 0.800. The Morgan fingerprint density at radius 2 is 1.41 bits per heavy atom. The predicted molar refractivity (Wildman–Crippen MR) is 78.1 cm³/mol. The molecule has 2 heteroatoms. The number of carbonyl (C=O) groups excluding carboxylic acids is 1. The molecule has 0 spiro atoms. The zero-order valence-corrected chi connectivity index (χ0v) is 12.0. The van der Waals surface area contributed by atoms with Crippen molar-refractivity contribution in [2.24, 2.45) is 0 Å². The Kier molecular flexibility index (Phi) is 13.3. The van der Waals surface area contributed by atoms with Gasteiger partial charge in [0.05, 0.1) is 0 Å². The van der Waals surface area contributed by atoms with Gasteiger partial charge in [-0.05, 0) is 12.3 Å². The maximum atomic E-state index is 10.8. The van der Waals surface area contributed by atoms with Crippen LogP contribution in [0, 0.1) is 12.3 Å². The lowest BCUT2D eigenvalue weighted by atomic mass is 10.1. The van der Waals surface area contributed by atoms with E-state index in [1.54, 1.807) is 0 Å². The molecular formula is C15H26OS. The van der Waals surface area contributed by atoms with Gasteiger partial charge in [-0.3, -0.25) is 4.79 Å². The van der Waals surface area contributed by atoms with Crippen LogP contribution in [0.2, 0.25) is 0 Å². The molecule has 0 aromatic heterocycles. The highest BCUT2D eigenvalue weighted by Gasteiger charge is 1.97. The second kappa shape index (κ2) is 13.6. The number of terminal acetylenes is 1. The summed E-state index contributed by atoms with van der Waals surface area (Å²) < 4.78 is 0. The number of hydrogen-bond donors (Lipinski definition) is 0.